The number of rotatable bonds is 6. The number of hydrogen-bond acceptors (Lipinski definition) is 1. The maximum atomic E-state index is 3.72. The van der Waals surface area contributed by atoms with E-state index in [4.69, 9.17) is 0 Å². The summed E-state index contributed by atoms with van der Waals surface area (Å²) in [6.07, 6.45) is 7.90. The summed E-state index contributed by atoms with van der Waals surface area (Å²) < 4.78 is 0. The predicted molar refractivity (Wildman–Crippen MR) is 80.4 cm³/mol. The van der Waals surface area contributed by atoms with Gasteiger partial charge in [-0.2, -0.15) is 0 Å². The van der Waals surface area contributed by atoms with Crippen LogP contribution in [0.1, 0.15) is 66.2 Å². The maximum Gasteiger partial charge on any atom is 0.0245 e. The normalized spacial score (nSPS) is 25.6. The van der Waals surface area contributed by atoms with E-state index in [2.05, 4.69) is 37.9 Å². The molecule has 1 unspecified atom stereocenters. The highest BCUT2D eigenvalue weighted by Crippen LogP contribution is 2.35. The van der Waals surface area contributed by atoms with E-state index in [1.165, 1.54) is 32.1 Å². The van der Waals surface area contributed by atoms with Gasteiger partial charge >= 0.3 is 0 Å². The molecule has 0 spiro atoms. The lowest BCUT2D eigenvalue weighted by molar-refractivity contribution is 0.189. The largest absolute Gasteiger partial charge is 0.313 e. The second-order valence-electron chi connectivity index (χ2n) is 6.11. The van der Waals surface area contributed by atoms with Crippen molar-refractivity contribution in [2.45, 2.75) is 72.3 Å². The average Bonchev–Trinajstić information content (AvgIpc) is 2.39. The van der Waals surface area contributed by atoms with Crippen LogP contribution in [0.3, 0.4) is 0 Å². The number of hydrogen-bond donors (Lipinski definition) is 1. The molecule has 18 heavy (non-hydrogen) atoms. The van der Waals surface area contributed by atoms with Crippen LogP contribution in [0, 0.1) is 29.6 Å². The molecule has 1 fully saturated rings. The monoisotopic (exact) mass is 249 g/mol. The van der Waals surface area contributed by atoms with Gasteiger partial charge in [0.25, 0.3) is 0 Å². The van der Waals surface area contributed by atoms with Crippen LogP contribution < -0.4 is 5.32 Å². The lowest BCUT2D eigenvalue weighted by Crippen LogP contribution is -2.38. The molecule has 0 amide bonds. The fourth-order valence-corrected chi connectivity index (χ4v) is 3.16. The zero-order chi connectivity index (χ0) is 13.4. The van der Waals surface area contributed by atoms with Crippen molar-refractivity contribution >= 4 is 0 Å². The molecular weight excluding hydrogens is 218 g/mol. The van der Waals surface area contributed by atoms with Crippen LogP contribution in [-0.4, -0.2) is 12.6 Å². The molecule has 0 bridgehead atoms. The Kier molecular flexibility index (Phi) is 7.44. The minimum absolute atomic E-state index is 0.630. The predicted octanol–water partition coefficient (Wildman–Crippen LogP) is 4.23. The van der Waals surface area contributed by atoms with Gasteiger partial charge in [0.2, 0.25) is 0 Å². The van der Waals surface area contributed by atoms with Gasteiger partial charge in [0, 0.05) is 12.5 Å². The van der Waals surface area contributed by atoms with E-state index in [0.717, 1.165) is 30.7 Å². The molecule has 1 saturated carbocycles. The van der Waals surface area contributed by atoms with Gasteiger partial charge in [-0.25, -0.2) is 0 Å². The molecular formula is C17H31N. The molecule has 1 heteroatoms. The van der Waals surface area contributed by atoms with Gasteiger partial charge in [-0.15, -0.1) is 11.8 Å². The van der Waals surface area contributed by atoms with Crippen LogP contribution in [0.5, 0.6) is 0 Å². The molecule has 0 radical (unpaired) electrons. The average molecular weight is 249 g/mol. The molecule has 0 heterocycles. The number of nitrogens with one attached hydrogen (secondary N) is 1. The summed E-state index contributed by atoms with van der Waals surface area (Å²) in [4.78, 5) is 0. The van der Waals surface area contributed by atoms with E-state index in [1.54, 1.807) is 0 Å². The quantitative estimate of drug-likeness (QED) is 0.695. The SMILES string of the molecule is CC#CCC(NCCC)C1CCC(C(C)C)CC1. The molecule has 104 valence electrons. The van der Waals surface area contributed by atoms with E-state index in [0.29, 0.717) is 6.04 Å². The summed E-state index contributed by atoms with van der Waals surface area (Å²) in [5.74, 6) is 9.01. The molecule has 1 aliphatic rings. The Hall–Kier alpha value is -0.480. The van der Waals surface area contributed by atoms with Crippen LogP contribution >= 0.6 is 0 Å². The van der Waals surface area contributed by atoms with Gasteiger partial charge in [0.15, 0.2) is 0 Å². The first kappa shape index (κ1) is 15.6. The van der Waals surface area contributed by atoms with Crippen molar-refractivity contribution in [2.24, 2.45) is 17.8 Å². The van der Waals surface area contributed by atoms with Crippen molar-refractivity contribution in [2.75, 3.05) is 6.54 Å². The summed E-state index contributed by atoms with van der Waals surface area (Å²) in [5, 5.41) is 3.72. The van der Waals surface area contributed by atoms with Crippen molar-refractivity contribution in [3.63, 3.8) is 0 Å². The van der Waals surface area contributed by atoms with Gasteiger partial charge in [0.1, 0.15) is 0 Å². The zero-order valence-corrected chi connectivity index (χ0v) is 12.8. The third kappa shape index (κ3) is 5.02. The van der Waals surface area contributed by atoms with Crippen molar-refractivity contribution in [3.05, 3.63) is 0 Å². The molecule has 1 nitrogen and oxygen atoms in total. The summed E-state index contributed by atoms with van der Waals surface area (Å²) in [6.45, 7) is 10.1. The topological polar surface area (TPSA) is 12.0 Å². The molecule has 0 aromatic heterocycles. The highest BCUT2D eigenvalue weighted by Gasteiger charge is 2.27. The minimum Gasteiger partial charge on any atom is -0.313 e. The summed E-state index contributed by atoms with van der Waals surface area (Å²) in [5.41, 5.74) is 0. The Morgan fingerprint density at radius 1 is 1.11 bits per heavy atom. The molecule has 0 saturated heterocycles. The second-order valence-corrected chi connectivity index (χ2v) is 6.11. The fourth-order valence-electron chi connectivity index (χ4n) is 3.16. The zero-order valence-electron chi connectivity index (χ0n) is 12.8. The van der Waals surface area contributed by atoms with E-state index in [-0.39, 0.29) is 0 Å². The highest BCUT2D eigenvalue weighted by molar-refractivity contribution is 5.00. The first-order valence-corrected chi connectivity index (χ1v) is 7.82. The van der Waals surface area contributed by atoms with Crippen LogP contribution in [-0.2, 0) is 0 Å². The Morgan fingerprint density at radius 2 is 1.72 bits per heavy atom. The standard InChI is InChI=1S/C17H31N/c1-5-7-8-17(18-13-6-2)16-11-9-15(10-12-16)14(3)4/h14-18H,6,8-13H2,1-4H3. The van der Waals surface area contributed by atoms with Crippen molar-refractivity contribution in [1.82, 2.24) is 5.32 Å². The lowest BCUT2D eigenvalue weighted by Gasteiger charge is -2.35. The Bertz CT molecular complexity index is 263. The summed E-state index contributed by atoms with van der Waals surface area (Å²) in [7, 11) is 0. The maximum absolute atomic E-state index is 3.72. The second kappa shape index (κ2) is 8.59. The minimum atomic E-state index is 0.630. The summed E-state index contributed by atoms with van der Waals surface area (Å²) >= 11 is 0. The van der Waals surface area contributed by atoms with Gasteiger partial charge in [-0.3, -0.25) is 0 Å². The van der Waals surface area contributed by atoms with E-state index < -0.39 is 0 Å². The van der Waals surface area contributed by atoms with Gasteiger partial charge in [-0.1, -0.05) is 20.8 Å². The van der Waals surface area contributed by atoms with Crippen LogP contribution in [0.2, 0.25) is 0 Å². The molecule has 1 N–H and O–H groups in total. The van der Waals surface area contributed by atoms with Gasteiger partial charge in [0.05, 0.1) is 0 Å². The first-order valence-electron chi connectivity index (χ1n) is 7.82. The Morgan fingerprint density at radius 3 is 2.22 bits per heavy atom. The molecule has 0 aromatic carbocycles. The van der Waals surface area contributed by atoms with E-state index >= 15 is 0 Å². The third-order valence-electron chi connectivity index (χ3n) is 4.48. The Labute approximate surface area is 114 Å². The first-order chi connectivity index (χ1) is 8.69. The van der Waals surface area contributed by atoms with Gasteiger partial charge in [-0.05, 0) is 63.3 Å². The molecule has 1 rings (SSSR count). The molecule has 0 aliphatic heterocycles. The molecule has 0 aromatic rings. The van der Waals surface area contributed by atoms with Crippen molar-refractivity contribution < 1.29 is 0 Å². The van der Waals surface area contributed by atoms with Crippen LogP contribution in [0.15, 0.2) is 0 Å². The molecule has 1 atom stereocenters. The van der Waals surface area contributed by atoms with Crippen LogP contribution in [0.25, 0.3) is 0 Å². The summed E-state index contributed by atoms with van der Waals surface area (Å²) in [6, 6.07) is 0.630. The van der Waals surface area contributed by atoms with Crippen molar-refractivity contribution in [1.29, 1.82) is 0 Å². The molecule has 1 aliphatic carbocycles. The van der Waals surface area contributed by atoms with Crippen molar-refractivity contribution in [3.8, 4) is 11.8 Å². The highest BCUT2D eigenvalue weighted by atomic mass is 14.9. The van der Waals surface area contributed by atoms with E-state index in [1.807, 2.05) is 6.92 Å². The lowest BCUT2D eigenvalue weighted by atomic mass is 9.74. The third-order valence-corrected chi connectivity index (χ3v) is 4.48. The van der Waals surface area contributed by atoms with Crippen LogP contribution in [0.4, 0.5) is 0 Å². The smallest absolute Gasteiger partial charge is 0.0245 e. The fraction of sp³-hybridized carbons (Fsp3) is 0.882. The van der Waals surface area contributed by atoms with E-state index in [9.17, 15) is 0 Å². The Balaban J connectivity index is 2.45. The van der Waals surface area contributed by atoms with Gasteiger partial charge < -0.3 is 5.32 Å².